The van der Waals surface area contributed by atoms with Gasteiger partial charge < -0.3 is 25.8 Å². The average molecular weight is 181 g/mol. The second kappa shape index (κ2) is 5.15. The Morgan fingerprint density at radius 3 is 2.17 bits per heavy atom. The van der Waals surface area contributed by atoms with Crippen LogP contribution in [0.25, 0.3) is 0 Å². The molecule has 0 rings (SSSR count). The summed E-state index contributed by atoms with van der Waals surface area (Å²) in [7, 11) is 0. The summed E-state index contributed by atoms with van der Waals surface area (Å²) in [6.07, 6.45) is -4.90. The summed E-state index contributed by atoms with van der Waals surface area (Å²) in [5.41, 5.74) is 5.00. The molecule has 0 spiro atoms. The van der Waals surface area contributed by atoms with Gasteiger partial charge in [0.15, 0.2) is 0 Å². The van der Waals surface area contributed by atoms with Gasteiger partial charge in [-0.1, -0.05) is 0 Å². The van der Waals surface area contributed by atoms with Crippen molar-refractivity contribution in [2.24, 2.45) is 5.73 Å². The number of carbonyl (C=O) groups excluding carboxylic acids is 1. The number of aliphatic hydroxyl groups is 3. The number of alkyl halides is 1. The lowest BCUT2D eigenvalue weighted by atomic mass is 10.0. The SMILES string of the molecule is N[C@H](C=O)[C@@H](O)[C@H](O)[C@H](O)CF. The molecule has 0 aliphatic carbocycles. The highest BCUT2D eigenvalue weighted by atomic mass is 19.1. The quantitative estimate of drug-likeness (QED) is 0.353. The fourth-order valence-corrected chi connectivity index (χ4v) is 0.627. The molecular weight excluding hydrogens is 169 g/mol. The Labute approximate surface area is 68.6 Å². The molecule has 0 aromatic carbocycles. The molecule has 12 heavy (non-hydrogen) atoms. The summed E-state index contributed by atoms with van der Waals surface area (Å²) in [6.45, 7) is -1.20. The van der Waals surface area contributed by atoms with Gasteiger partial charge >= 0.3 is 0 Å². The third kappa shape index (κ3) is 2.82. The van der Waals surface area contributed by atoms with Crippen LogP contribution in [0.1, 0.15) is 0 Å². The zero-order valence-corrected chi connectivity index (χ0v) is 6.30. The van der Waals surface area contributed by atoms with Crippen molar-refractivity contribution in [3.05, 3.63) is 0 Å². The van der Waals surface area contributed by atoms with Gasteiger partial charge in [0.05, 0.1) is 6.04 Å². The van der Waals surface area contributed by atoms with E-state index in [1.807, 2.05) is 0 Å². The van der Waals surface area contributed by atoms with Crippen molar-refractivity contribution < 1.29 is 24.5 Å². The molecule has 0 aliphatic rings. The third-order valence-electron chi connectivity index (χ3n) is 1.45. The summed E-state index contributed by atoms with van der Waals surface area (Å²) in [4.78, 5) is 9.99. The van der Waals surface area contributed by atoms with Gasteiger partial charge in [0, 0.05) is 0 Å². The lowest BCUT2D eigenvalue weighted by molar-refractivity contribution is -0.117. The van der Waals surface area contributed by atoms with E-state index in [1.165, 1.54) is 0 Å². The molecule has 0 saturated heterocycles. The van der Waals surface area contributed by atoms with Crippen molar-refractivity contribution in [1.82, 2.24) is 0 Å². The van der Waals surface area contributed by atoms with E-state index < -0.39 is 31.0 Å². The van der Waals surface area contributed by atoms with Crippen LogP contribution in [0.3, 0.4) is 0 Å². The molecule has 4 atom stereocenters. The van der Waals surface area contributed by atoms with Crippen LogP contribution < -0.4 is 5.73 Å². The van der Waals surface area contributed by atoms with Crippen LogP contribution in [-0.2, 0) is 4.79 Å². The summed E-state index contributed by atoms with van der Waals surface area (Å²) in [5, 5.41) is 26.5. The molecule has 0 bridgehead atoms. The first-order valence-electron chi connectivity index (χ1n) is 3.35. The lowest BCUT2D eigenvalue weighted by Crippen LogP contribution is -2.49. The first-order chi connectivity index (χ1) is 5.54. The zero-order chi connectivity index (χ0) is 9.72. The van der Waals surface area contributed by atoms with Crippen molar-refractivity contribution in [3.8, 4) is 0 Å². The largest absolute Gasteiger partial charge is 0.388 e. The first kappa shape index (κ1) is 11.4. The maximum Gasteiger partial charge on any atom is 0.139 e. The Morgan fingerprint density at radius 1 is 1.33 bits per heavy atom. The van der Waals surface area contributed by atoms with E-state index in [0.717, 1.165) is 0 Å². The average Bonchev–Trinajstić information content (AvgIpc) is 2.12. The van der Waals surface area contributed by atoms with E-state index in [2.05, 4.69) is 0 Å². The van der Waals surface area contributed by atoms with E-state index in [4.69, 9.17) is 21.1 Å². The summed E-state index contributed by atoms with van der Waals surface area (Å²) < 4.78 is 11.7. The number of rotatable bonds is 5. The Hall–Kier alpha value is -0.560. The molecule has 0 radical (unpaired) electrons. The number of aldehydes is 1. The highest BCUT2D eigenvalue weighted by molar-refractivity contribution is 5.58. The van der Waals surface area contributed by atoms with E-state index >= 15 is 0 Å². The molecule has 6 heteroatoms. The van der Waals surface area contributed by atoms with Crippen molar-refractivity contribution in [2.75, 3.05) is 6.67 Å². The molecule has 0 saturated carbocycles. The summed E-state index contributed by atoms with van der Waals surface area (Å²) in [6, 6.07) is -1.32. The standard InChI is InChI=1S/C6H12FNO4/c7-1-4(10)6(12)5(11)3(8)2-9/h2-6,10-12H,1,8H2/t3-,4-,5-,6-/m1/s1. The minimum Gasteiger partial charge on any atom is -0.388 e. The van der Waals surface area contributed by atoms with E-state index in [9.17, 15) is 9.18 Å². The number of nitrogens with two attached hydrogens (primary N) is 1. The Bertz CT molecular complexity index is 146. The minimum atomic E-state index is -1.74. The van der Waals surface area contributed by atoms with Crippen LogP contribution in [0, 0.1) is 0 Å². The van der Waals surface area contributed by atoms with E-state index in [0.29, 0.717) is 0 Å². The summed E-state index contributed by atoms with van der Waals surface area (Å²) in [5.74, 6) is 0. The molecule has 0 amide bonds. The minimum absolute atomic E-state index is 0.207. The van der Waals surface area contributed by atoms with Gasteiger partial charge in [-0.25, -0.2) is 4.39 Å². The Kier molecular flexibility index (Phi) is 4.91. The van der Waals surface area contributed by atoms with Crippen molar-refractivity contribution in [3.63, 3.8) is 0 Å². The zero-order valence-electron chi connectivity index (χ0n) is 6.30. The van der Waals surface area contributed by atoms with Crippen LogP contribution in [0.5, 0.6) is 0 Å². The highest BCUT2D eigenvalue weighted by Crippen LogP contribution is 2.02. The Morgan fingerprint density at radius 2 is 1.83 bits per heavy atom. The molecule has 0 unspecified atom stereocenters. The third-order valence-corrected chi connectivity index (χ3v) is 1.45. The monoisotopic (exact) mass is 181 g/mol. The fraction of sp³-hybridized carbons (Fsp3) is 0.833. The predicted molar refractivity (Wildman–Crippen MR) is 38.0 cm³/mol. The number of aliphatic hydroxyl groups excluding tert-OH is 3. The fourth-order valence-electron chi connectivity index (χ4n) is 0.627. The van der Waals surface area contributed by atoms with Crippen LogP contribution in [0.15, 0.2) is 0 Å². The number of carbonyl (C=O) groups is 1. The van der Waals surface area contributed by atoms with E-state index in [1.54, 1.807) is 0 Å². The molecule has 0 aliphatic heterocycles. The number of hydrogen-bond acceptors (Lipinski definition) is 5. The van der Waals surface area contributed by atoms with Gasteiger partial charge in [-0.3, -0.25) is 0 Å². The summed E-state index contributed by atoms with van der Waals surface area (Å²) >= 11 is 0. The molecule has 0 aromatic heterocycles. The van der Waals surface area contributed by atoms with Crippen LogP contribution in [-0.4, -0.2) is 52.6 Å². The highest BCUT2D eigenvalue weighted by Gasteiger charge is 2.28. The molecule has 0 fully saturated rings. The molecule has 5 nitrogen and oxygen atoms in total. The second-order valence-electron chi connectivity index (χ2n) is 2.42. The normalized spacial score (nSPS) is 21.1. The predicted octanol–water partition coefficient (Wildman–Crippen LogP) is -2.44. The molecule has 5 N–H and O–H groups in total. The molecular formula is C6H12FNO4. The lowest BCUT2D eigenvalue weighted by Gasteiger charge is -2.22. The van der Waals surface area contributed by atoms with Crippen molar-refractivity contribution >= 4 is 6.29 Å². The first-order valence-corrected chi connectivity index (χ1v) is 3.35. The maximum atomic E-state index is 11.7. The van der Waals surface area contributed by atoms with Gasteiger partial charge in [0.25, 0.3) is 0 Å². The van der Waals surface area contributed by atoms with E-state index in [-0.39, 0.29) is 6.29 Å². The van der Waals surface area contributed by atoms with Crippen LogP contribution in [0.4, 0.5) is 4.39 Å². The number of hydrogen-bond donors (Lipinski definition) is 4. The van der Waals surface area contributed by atoms with Crippen molar-refractivity contribution in [2.45, 2.75) is 24.4 Å². The van der Waals surface area contributed by atoms with Gasteiger partial charge in [-0.15, -0.1) is 0 Å². The molecule has 0 heterocycles. The molecule has 0 aromatic rings. The topological polar surface area (TPSA) is 104 Å². The maximum absolute atomic E-state index is 11.7. The van der Waals surface area contributed by atoms with Crippen molar-refractivity contribution in [1.29, 1.82) is 0 Å². The van der Waals surface area contributed by atoms with Gasteiger partial charge in [0.2, 0.25) is 0 Å². The van der Waals surface area contributed by atoms with Gasteiger partial charge in [-0.2, -0.15) is 0 Å². The Balaban J connectivity index is 4.07. The smallest absolute Gasteiger partial charge is 0.139 e. The molecule has 72 valence electrons. The van der Waals surface area contributed by atoms with Crippen LogP contribution >= 0.6 is 0 Å². The number of halogens is 1. The van der Waals surface area contributed by atoms with Gasteiger partial charge in [-0.05, 0) is 0 Å². The van der Waals surface area contributed by atoms with Crippen LogP contribution in [0.2, 0.25) is 0 Å². The van der Waals surface area contributed by atoms with Gasteiger partial charge in [0.1, 0.15) is 31.3 Å². The second-order valence-corrected chi connectivity index (χ2v) is 2.42.